The van der Waals surface area contributed by atoms with Gasteiger partial charge in [-0.1, -0.05) is 36.4 Å². The Hall–Kier alpha value is -2.78. The van der Waals surface area contributed by atoms with E-state index in [4.69, 9.17) is 14.2 Å². The molecule has 2 aromatic carbocycles. The summed E-state index contributed by atoms with van der Waals surface area (Å²) in [4.78, 5) is 24.8. The van der Waals surface area contributed by atoms with Crippen LogP contribution in [0.3, 0.4) is 0 Å². The average Bonchev–Trinajstić information content (AvgIpc) is 2.73. The van der Waals surface area contributed by atoms with Gasteiger partial charge in [0.1, 0.15) is 12.2 Å². The Labute approximate surface area is 160 Å². The molecular formula is C20H20O8. The summed E-state index contributed by atoms with van der Waals surface area (Å²) in [6.07, 6.45) is -7.37. The Morgan fingerprint density at radius 1 is 0.821 bits per heavy atom. The number of hydrogen-bond donors (Lipinski definition) is 3. The number of ether oxygens (including phenoxy) is 3. The van der Waals surface area contributed by atoms with Crippen molar-refractivity contribution < 1.29 is 39.1 Å². The zero-order valence-electron chi connectivity index (χ0n) is 14.8. The highest BCUT2D eigenvalue weighted by molar-refractivity contribution is 5.90. The first kappa shape index (κ1) is 20.0. The van der Waals surface area contributed by atoms with Gasteiger partial charge in [-0.05, 0) is 24.3 Å². The van der Waals surface area contributed by atoms with Crippen LogP contribution in [0.25, 0.3) is 0 Å². The van der Waals surface area contributed by atoms with Crippen molar-refractivity contribution in [3.63, 3.8) is 0 Å². The molecular weight excluding hydrogens is 368 g/mol. The average molecular weight is 388 g/mol. The lowest BCUT2D eigenvalue weighted by Gasteiger charge is -2.41. The van der Waals surface area contributed by atoms with E-state index in [1.807, 2.05) is 0 Å². The van der Waals surface area contributed by atoms with Gasteiger partial charge < -0.3 is 29.5 Å². The third-order valence-corrected chi connectivity index (χ3v) is 4.32. The van der Waals surface area contributed by atoms with E-state index >= 15 is 0 Å². The van der Waals surface area contributed by atoms with Crippen molar-refractivity contribution in [2.45, 2.75) is 30.7 Å². The van der Waals surface area contributed by atoms with E-state index in [0.29, 0.717) is 0 Å². The van der Waals surface area contributed by atoms with Crippen LogP contribution in [0, 0.1) is 0 Å². The van der Waals surface area contributed by atoms with E-state index in [9.17, 15) is 24.9 Å². The molecule has 0 aromatic heterocycles. The van der Waals surface area contributed by atoms with E-state index < -0.39 is 49.3 Å². The Morgan fingerprint density at radius 2 is 1.29 bits per heavy atom. The predicted molar refractivity (Wildman–Crippen MR) is 95.3 cm³/mol. The minimum atomic E-state index is -1.71. The lowest BCUT2D eigenvalue weighted by atomic mass is 9.98. The third kappa shape index (κ3) is 4.37. The second-order valence-corrected chi connectivity index (χ2v) is 6.21. The molecule has 8 heteroatoms. The predicted octanol–water partition coefficient (Wildman–Crippen LogP) is 0.508. The number of carbonyl (C=O) groups is 2. The molecule has 0 spiro atoms. The molecule has 1 aliphatic rings. The van der Waals surface area contributed by atoms with E-state index in [1.54, 1.807) is 36.4 Å². The fourth-order valence-electron chi connectivity index (χ4n) is 2.85. The summed E-state index contributed by atoms with van der Waals surface area (Å²) in [6, 6.07) is 16.0. The van der Waals surface area contributed by atoms with Crippen molar-refractivity contribution in [1.82, 2.24) is 0 Å². The Balaban J connectivity index is 1.82. The van der Waals surface area contributed by atoms with Crippen LogP contribution >= 0.6 is 0 Å². The highest BCUT2D eigenvalue weighted by atomic mass is 16.7. The minimum absolute atomic E-state index is 0.210. The maximum absolute atomic E-state index is 12.4. The molecule has 28 heavy (non-hydrogen) atoms. The number of rotatable bonds is 5. The molecule has 1 fully saturated rings. The van der Waals surface area contributed by atoms with Crippen LogP contribution < -0.4 is 0 Å². The van der Waals surface area contributed by atoms with Gasteiger partial charge in [-0.2, -0.15) is 0 Å². The van der Waals surface area contributed by atoms with Gasteiger partial charge in [0.05, 0.1) is 17.7 Å². The van der Waals surface area contributed by atoms with Crippen molar-refractivity contribution in [3.8, 4) is 0 Å². The summed E-state index contributed by atoms with van der Waals surface area (Å²) in [7, 11) is 0. The fraction of sp³-hybridized carbons (Fsp3) is 0.300. The summed E-state index contributed by atoms with van der Waals surface area (Å²) in [6.45, 7) is -0.628. The highest BCUT2D eigenvalue weighted by Gasteiger charge is 2.49. The molecule has 1 saturated heterocycles. The zero-order chi connectivity index (χ0) is 20.1. The van der Waals surface area contributed by atoms with Crippen LogP contribution in [0.2, 0.25) is 0 Å². The van der Waals surface area contributed by atoms with Crippen molar-refractivity contribution in [2.24, 2.45) is 0 Å². The maximum Gasteiger partial charge on any atom is 0.338 e. The van der Waals surface area contributed by atoms with Crippen molar-refractivity contribution in [2.75, 3.05) is 6.61 Å². The molecule has 2 aromatic rings. The normalized spacial score (nSPS) is 27.0. The molecule has 1 heterocycles. The van der Waals surface area contributed by atoms with Crippen LogP contribution in [0.4, 0.5) is 0 Å². The van der Waals surface area contributed by atoms with Crippen LogP contribution in [0.1, 0.15) is 20.7 Å². The van der Waals surface area contributed by atoms with Gasteiger partial charge >= 0.3 is 11.9 Å². The highest BCUT2D eigenvalue weighted by Crippen LogP contribution is 2.26. The molecule has 0 aliphatic carbocycles. The van der Waals surface area contributed by atoms with Gasteiger partial charge in [-0.15, -0.1) is 0 Å². The first-order chi connectivity index (χ1) is 13.5. The molecule has 0 bridgehead atoms. The van der Waals surface area contributed by atoms with Crippen LogP contribution in [-0.2, 0) is 14.2 Å². The number of benzene rings is 2. The van der Waals surface area contributed by atoms with Gasteiger partial charge in [0.15, 0.2) is 18.5 Å². The second kappa shape index (κ2) is 8.94. The van der Waals surface area contributed by atoms with E-state index in [-0.39, 0.29) is 11.1 Å². The molecule has 0 radical (unpaired) electrons. The number of aliphatic hydroxyl groups excluding tert-OH is 3. The smallest absolute Gasteiger partial charge is 0.338 e. The van der Waals surface area contributed by atoms with E-state index in [0.717, 1.165) is 0 Å². The first-order valence-electron chi connectivity index (χ1n) is 8.65. The lowest BCUT2D eigenvalue weighted by molar-refractivity contribution is -0.285. The summed E-state index contributed by atoms with van der Waals surface area (Å²) >= 11 is 0. The van der Waals surface area contributed by atoms with Gasteiger partial charge in [0.2, 0.25) is 0 Å². The SMILES string of the molecule is O=C(O[C@@H]1[C@@H](OC(=O)c2ccccc2)[C@H](O)[C@@H](CO)O[C@H]1O)c1ccccc1. The van der Waals surface area contributed by atoms with Crippen LogP contribution in [0.15, 0.2) is 60.7 Å². The minimum Gasteiger partial charge on any atom is -0.452 e. The molecule has 3 N–H and O–H groups in total. The van der Waals surface area contributed by atoms with Crippen molar-refractivity contribution in [3.05, 3.63) is 71.8 Å². The largest absolute Gasteiger partial charge is 0.452 e. The third-order valence-electron chi connectivity index (χ3n) is 4.32. The van der Waals surface area contributed by atoms with Gasteiger partial charge in [0.25, 0.3) is 0 Å². The fourth-order valence-corrected chi connectivity index (χ4v) is 2.85. The van der Waals surface area contributed by atoms with Gasteiger partial charge in [-0.25, -0.2) is 9.59 Å². The Kier molecular flexibility index (Phi) is 6.37. The van der Waals surface area contributed by atoms with Gasteiger partial charge in [0, 0.05) is 0 Å². The molecule has 0 saturated carbocycles. The quantitative estimate of drug-likeness (QED) is 0.633. The Morgan fingerprint density at radius 3 is 1.75 bits per heavy atom. The maximum atomic E-state index is 12.4. The lowest BCUT2D eigenvalue weighted by Crippen LogP contribution is -2.61. The second-order valence-electron chi connectivity index (χ2n) is 6.21. The molecule has 1 aliphatic heterocycles. The van der Waals surface area contributed by atoms with Crippen molar-refractivity contribution in [1.29, 1.82) is 0 Å². The van der Waals surface area contributed by atoms with Gasteiger partial charge in [-0.3, -0.25) is 0 Å². The number of hydrogen-bond acceptors (Lipinski definition) is 8. The standard InChI is InChI=1S/C20H20O8/c21-11-14-15(22)16(27-18(23)12-7-3-1-4-8-12)17(20(25)26-14)28-19(24)13-9-5-2-6-10-13/h1-10,14-17,20-22,25H,11H2/t14-,15-,16+,17-,20-/m1/s1. The Bertz CT molecular complexity index is 794. The molecule has 5 atom stereocenters. The first-order valence-corrected chi connectivity index (χ1v) is 8.65. The molecule has 148 valence electrons. The molecule has 0 amide bonds. The monoisotopic (exact) mass is 388 g/mol. The number of esters is 2. The topological polar surface area (TPSA) is 123 Å². The van der Waals surface area contributed by atoms with Crippen molar-refractivity contribution >= 4 is 11.9 Å². The number of carbonyl (C=O) groups excluding carboxylic acids is 2. The molecule has 3 rings (SSSR count). The molecule has 8 nitrogen and oxygen atoms in total. The molecule has 0 unspecified atom stereocenters. The summed E-state index contributed by atoms with van der Waals surface area (Å²) in [5, 5.41) is 30.0. The van der Waals surface area contributed by atoms with Crippen LogP contribution in [-0.4, -0.2) is 64.6 Å². The van der Waals surface area contributed by atoms with E-state index in [2.05, 4.69) is 0 Å². The number of aliphatic hydroxyl groups is 3. The summed E-state index contributed by atoms with van der Waals surface area (Å²) in [5.41, 5.74) is 0.422. The summed E-state index contributed by atoms with van der Waals surface area (Å²) < 4.78 is 15.7. The van der Waals surface area contributed by atoms with E-state index in [1.165, 1.54) is 24.3 Å². The van der Waals surface area contributed by atoms with Crippen LogP contribution in [0.5, 0.6) is 0 Å². The summed E-state index contributed by atoms with van der Waals surface area (Å²) in [5.74, 6) is -1.57. The zero-order valence-corrected chi connectivity index (χ0v) is 14.8.